The van der Waals surface area contributed by atoms with Gasteiger partial charge in [0.25, 0.3) is 0 Å². The number of sulfone groups is 1. The summed E-state index contributed by atoms with van der Waals surface area (Å²) >= 11 is 0. The first-order valence-corrected chi connectivity index (χ1v) is 9.64. The molecule has 0 aliphatic rings. The number of amides is 1. The average Bonchev–Trinajstić information content (AvgIpc) is 2.46. The van der Waals surface area contributed by atoms with E-state index < -0.39 is 9.84 Å². The molecule has 6 heteroatoms. The van der Waals surface area contributed by atoms with Crippen molar-refractivity contribution >= 4 is 15.7 Å². The number of nitrogens with zero attached hydrogens (tertiary/aromatic N) is 1. The van der Waals surface area contributed by atoms with Gasteiger partial charge in [0.2, 0.25) is 5.91 Å². The molecule has 0 bridgehead atoms. The lowest BCUT2D eigenvalue weighted by Gasteiger charge is -2.14. The normalized spacial score (nSPS) is 12.6. The van der Waals surface area contributed by atoms with E-state index in [4.69, 9.17) is 0 Å². The van der Waals surface area contributed by atoms with Crippen LogP contribution in [0.2, 0.25) is 0 Å². The van der Waals surface area contributed by atoms with Crippen molar-refractivity contribution in [2.24, 2.45) is 0 Å². The second-order valence-electron chi connectivity index (χ2n) is 6.04. The Kier molecular flexibility index (Phi) is 5.72. The summed E-state index contributed by atoms with van der Waals surface area (Å²) in [5.41, 5.74) is 2.68. The summed E-state index contributed by atoms with van der Waals surface area (Å²) in [5, 5.41) is 2.94. The van der Waals surface area contributed by atoms with Gasteiger partial charge < -0.3 is 5.32 Å². The summed E-state index contributed by atoms with van der Waals surface area (Å²) in [6.45, 7) is 3.88. The summed E-state index contributed by atoms with van der Waals surface area (Å²) in [5.74, 6) is -0.0951. The molecule has 2 rings (SSSR count). The zero-order valence-corrected chi connectivity index (χ0v) is 14.9. The Labute approximate surface area is 143 Å². The number of benzene rings is 1. The van der Waals surface area contributed by atoms with E-state index in [1.165, 1.54) is 12.1 Å². The Balaban J connectivity index is 1.90. The standard InChI is InChI=1S/C18H22N2O3S/c1-13-5-4-6-16(19-13)11-14(2)20-18(21)12-15-7-9-17(10-8-15)24(3,22)23/h4-10,14H,11-12H2,1-3H3,(H,20,21)/t14-/m1/s1. The van der Waals surface area contributed by atoms with Gasteiger partial charge in [-0.15, -0.1) is 0 Å². The minimum absolute atomic E-state index is 0.0258. The van der Waals surface area contributed by atoms with Gasteiger partial charge in [0.15, 0.2) is 9.84 Å². The van der Waals surface area contributed by atoms with Crippen molar-refractivity contribution in [1.29, 1.82) is 0 Å². The first-order chi connectivity index (χ1) is 11.2. The molecule has 1 aromatic heterocycles. The third-order valence-corrected chi connectivity index (χ3v) is 4.71. The molecule has 0 aliphatic carbocycles. The van der Waals surface area contributed by atoms with Gasteiger partial charge in [0.05, 0.1) is 11.3 Å². The van der Waals surface area contributed by atoms with Crippen LogP contribution in [0.3, 0.4) is 0 Å². The number of aromatic nitrogens is 1. The van der Waals surface area contributed by atoms with Gasteiger partial charge in [0.1, 0.15) is 0 Å². The van der Waals surface area contributed by atoms with E-state index in [0.29, 0.717) is 6.42 Å². The summed E-state index contributed by atoms with van der Waals surface area (Å²) in [4.78, 5) is 16.8. The number of carbonyl (C=O) groups excluding carboxylic acids is 1. The van der Waals surface area contributed by atoms with Crippen LogP contribution in [0, 0.1) is 6.92 Å². The Morgan fingerprint density at radius 3 is 2.42 bits per heavy atom. The zero-order chi connectivity index (χ0) is 17.7. The van der Waals surface area contributed by atoms with Crippen LogP contribution in [0.5, 0.6) is 0 Å². The minimum Gasteiger partial charge on any atom is -0.353 e. The van der Waals surface area contributed by atoms with Gasteiger partial charge in [-0.05, 0) is 43.7 Å². The highest BCUT2D eigenvalue weighted by Crippen LogP contribution is 2.11. The van der Waals surface area contributed by atoms with E-state index in [1.807, 2.05) is 32.0 Å². The minimum atomic E-state index is -3.21. The third-order valence-electron chi connectivity index (χ3n) is 3.58. The van der Waals surface area contributed by atoms with Gasteiger partial charge in [-0.3, -0.25) is 9.78 Å². The lowest BCUT2D eigenvalue weighted by atomic mass is 10.1. The average molecular weight is 346 g/mol. The van der Waals surface area contributed by atoms with Gasteiger partial charge in [-0.2, -0.15) is 0 Å². The Bertz CT molecular complexity index is 814. The van der Waals surface area contributed by atoms with Crippen molar-refractivity contribution in [3.05, 3.63) is 59.4 Å². The fourth-order valence-corrected chi connectivity index (χ4v) is 3.07. The predicted octanol–water partition coefficient (Wildman–Crippen LogP) is 2.08. The Hall–Kier alpha value is -2.21. The molecule has 0 spiro atoms. The zero-order valence-electron chi connectivity index (χ0n) is 14.1. The molecule has 0 fully saturated rings. The number of rotatable bonds is 6. The molecule has 0 unspecified atom stereocenters. The van der Waals surface area contributed by atoms with Crippen molar-refractivity contribution < 1.29 is 13.2 Å². The molecule has 1 heterocycles. The van der Waals surface area contributed by atoms with E-state index >= 15 is 0 Å². The van der Waals surface area contributed by atoms with Gasteiger partial charge >= 0.3 is 0 Å². The van der Waals surface area contributed by atoms with Crippen LogP contribution < -0.4 is 5.32 Å². The predicted molar refractivity (Wildman–Crippen MR) is 93.5 cm³/mol. The van der Waals surface area contributed by atoms with Crippen molar-refractivity contribution in [3.63, 3.8) is 0 Å². The highest BCUT2D eigenvalue weighted by Gasteiger charge is 2.11. The largest absolute Gasteiger partial charge is 0.353 e. The number of nitrogens with one attached hydrogen (secondary N) is 1. The van der Waals surface area contributed by atoms with Crippen LogP contribution in [0.25, 0.3) is 0 Å². The van der Waals surface area contributed by atoms with E-state index in [9.17, 15) is 13.2 Å². The lowest BCUT2D eigenvalue weighted by Crippen LogP contribution is -2.35. The van der Waals surface area contributed by atoms with Gasteiger partial charge in [-0.25, -0.2) is 8.42 Å². The highest BCUT2D eigenvalue weighted by atomic mass is 32.2. The maximum Gasteiger partial charge on any atom is 0.224 e. The first-order valence-electron chi connectivity index (χ1n) is 7.75. The Morgan fingerprint density at radius 2 is 1.83 bits per heavy atom. The van der Waals surface area contributed by atoms with Crippen LogP contribution in [0.15, 0.2) is 47.4 Å². The van der Waals surface area contributed by atoms with Crippen LogP contribution >= 0.6 is 0 Å². The van der Waals surface area contributed by atoms with Crippen LogP contribution in [-0.4, -0.2) is 31.6 Å². The molecule has 2 aromatic rings. The van der Waals surface area contributed by atoms with Crippen LogP contribution in [-0.2, 0) is 27.5 Å². The highest BCUT2D eigenvalue weighted by molar-refractivity contribution is 7.90. The van der Waals surface area contributed by atoms with Gasteiger partial charge in [0, 0.05) is 30.1 Å². The molecule has 1 amide bonds. The van der Waals surface area contributed by atoms with Crippen molar-refractivity contribution in [2.45, 2.75) is 37.6 Å². The molecule has 0 saturated heterocycles. The molecular weight excluding hydrogens is 324 g/mol. The molecular formula is C18H22N2O3S. The number of hydrogen-bond donors (Lipinski definition) is 1. The first kappa shape index (κ1) is 18.1. The SMILES string of the molecule is Cc1cccc(C[C@@H](C)NC(=O)Cc2ccc(S(C)(=O)=O)cc2)n1. The molecule has 0 saturated carbocycles. The quantitative estimate of drug-likeness (QED) is 0.869. The molecule has 0 radical (unpaired) electrons. The van der Waals surface area contributed by atoms with Crippen molar-refractivity contribution in [1.82, 2.24) is 10.3 Å². The van der Waals surface area contributed by atoms with E-state index in [2.05, 4.69) is 10.3 Å². The third kappa shape index (κ3) is 5.45. The smallest absolute Gasteiger partial charge is 0.224 e. The van der Waals surface area contributed by atoms with E-state index in [1.54, 1.807) is 12.1 Å². The maximum absolute atomic E-state index is 12.1. The monoisotopic (exact) mass is 346 g/mol. The summed E-state index contributed by atoms with van der Waals surface area (Å²) < 4.78 is 22.8. The molecule has 1 N–H and O–H groups in total. The van der Waals surface area contributed by atoms with Crippen molar-refractivity contribution in [3.8, 4) is 0 Å². The van der Waals surface area contributed by atoms with Gasteiger partial charge in [-0.1, -0.05) is 18.2 Å². The van der Waals surface area contributed by atoms with E-state index in [-0.39, 0.29) is 23.3 Å². The summed E-state index contributed by atoms with van der Waals surface area (Å²) in [6.07, 6.45) is 2.05. The number of carbonyl (C=O) groups is 1. The number of hydrogen-bond acceptors (Lipinski definition) is 4. The summed E-state index contributed by atoms with van der Waals surface area (Å²) in [7, 11) is -3.21. The molecule has 1 atom stereocenters. The molecule has 1 aromatic carbocycles. The van der Waals surface area contributed by atoms with Crippen molar-refractivity contribution in [2.75, 3.05) is 6.26 Å². The van der Waals surface area contributed by atoms with Crippen LogP contribution in [0.4, 0.5) is 0 Å². The topological polar surface area (TPSA) is 76.1 Å². The molecule has 5 nitrogen and oxygen atoms in total. The fourth-order valence-electron chi connectivity index (χ4n) is 2.44. The maximum atomic E-state index is 12.1. The molecule has 24 heavy (non-hydrogen) atoms. The second kappa shape index (κ2) is 7.57. The number of pyridine rings is 1. The number of aryl methyl sites for hydroxylation is 1. The molecule has 128 valence electrons. The summed E-state index contributed by atoms with van der Waals surface area (Å²) in [6, 6.07) is 12.2. The Morgan fingerprint density at radius 1 is 1.17 bits per heavy atom. The van der Waals surface area contributed by atoms with E-state index in [0.717, 1.165) is 23.2 Å². The van der Waals surface area contributed by atoms with Crippen LogP contribution in [0.1, 0.15) is 23.9 Å². The lowest BCUT2D eigenvalue weighted by molar-refractivity contribution is -0.121. The fraction of sp³-hybridized carbons (Fsp3) is 0.333. The second-order valence-corrected chi connectivity index (χ2v) is 8.05. The molecule has 0 aliphatic heterocycles.